The minimum absolute atomic E-state index is 0.252. The van der Waals surface area contributed by atoms with Gasteiger partial charge in [0.2, 0.25) is 0 Å². The lowest BCUT2D eigenvalue weighted by Gasteiger charge is -2.26. The first-order valence-electron chi connectivity index (χ1n) is 29.2. The fraction of sp³-hybridized carbons (Fsp3) is 0.178. The Morgan fingerprint density at radius 1 is 0.310 bits per heavy atom. The number of nitrogens with zero attached hydrogens (tertiary/aromatic N) is 4. The largest absolute Gasteiger partial charge is 0.457 e. The Balaban J connectivity index is 0.673. The summed E-state index contributed by atoms with van der Waals surface area (Å²) in [5, 5.41) is 0. The Morgan fingerprint density at radius 2 is 0.586 bits per heavy atom. The van der Waals surface area contributed by atoms with E-state index >= 15 is 0 Å². The van der Waals surface area contributed by atoms with Crippen molar-refractivity contribution in [1.29, 1.82) is 0 Å². The topological polar surface area (TPSA) is 168 Å². The molecule has 0 radical (unpaired) electrons. The van der Waals surface area contributed by atoms with Crippen molar-refractivity contribution in [1.82, 2.24) is 0 Å². The maximum atomic E-state index is 14.1. The first-order chi connectivity index (χ1) is 42.0. The number of aryl methyl sites for hydroxylation is 4. The summed E-state index contributed by atoms with van der Waals surface area (Å²) >= 11 is 0. The van der Waals surface area contributed by atoms with Crippen molar-refractivity contribution in [3.05, 3.63) is 260 Å². The summed E-state index contributed by atoms with van der Waals surface area (Å²) in [5.74, 6) is -1.21. The van der Waals surface area contributed by atoms with E-state index in [1.807, 2.05) is 149 Å². The van der Waals surface area contributed by atoms with Gasteiger partial charge in [-0.1, -0.05) is 114 Å². The highest BCUT2D eigenvalue weighted by Crippen LogP contribution is 2.40. The Kier molecular flexibility index (Phi) is 14.9. The molecule has 0 saturated heterocycles. The molecule has 14 heteroatoms. The van der Waals surface area contributed by atoms with Crippen molar-refractivity contribution < 1.29 is 47.8 Å². The third-order valence-corrected chi connectivity index (χ3v) is 16.8. The van der Waals surface area contributed by atoms with Crippen LogP contribution in [0.25, 0.3) is 0 Å². The van der Waals surface area contributed by atoms with Crippen LogP contribution in [0.3, 0.4) is 0 Å². The minimum Gasteiger partial charge on any atom is -0.457 e. The predicted molar refractivity (Wildman–Crippen MR) is 332 cm³/mol. The third kappa shape index (κ3) is 10.4. The van der Waals surface area contributed by atoms with E-state index in [0.717, 1.165) is 55.6 Å². The summed E-state index contributed by atoms with van der Waals surface area (Å²) in [4.78, 5) is 111. The summed E-state index contributed by atoms with van der Waals surface area (Å²) in [6.45, 7) is 12.2. The van der Waals surface area contributed by atoms with E-state index in [2.05, 4.69) is 13.8 Å². The highest BCUT2D eigenvalue weighted by atomic mass is 16.5. The van der Waals surface area contributed by atoms with E-state index in [-0.39, 0.29) is 34.8 Å². The van der Waals surface area contributed by atoms with Gasteiger partial charge in [-0.15, -0.1) is 0 Å². The van der Waals surface area contributed by atoms with Crippen LogP contribution in [0, 0.1) is 0 Å². The maximum Gasteiger partial charge on any atom is 0.266 e. The SMILES string of the molecule is CCc1cc(Cc2ccc(N3C(=O)c4ccc(Oc5ccc(C(C)(C)c6ccc(Oc7ccc8c(c7)C(=O)N(c7ccc(Cc9ccc(N%10C(=O)C=CC%10=O)c(CC)c9)cc7CC)C8=O)cc6)cc5)cc4C3=O)c(CC)c2)ccc1N1C(=O)C=CC1=O. The van der Waals surface area contributed by atoms with Gasteiger partial charge in [0.25, 0.3) is 47.3 Å². The zero-order chi connectivity index (χ0) is 61.0. The van der Waals surface area contributed by atoms with Gasteiger partial charge in [0.1, 0.15) is 23.0 Å². The van der Waals surface area contributed by atoms with Crippen molar-refractivity contribution in [3.63, 3.8) is 0 Å². The van der Waals surface area contributed by atoms with Gasteiger partial charge in [0.05, 0.1) is 45.0 Å². The van der Waals surface area contributed by atoms with Crippen molar-refractivity contribution in [2.45, 2.75) is 85.5 Å². The lowest BCUT2D eigenvalue weighted by Crippen LogP contribution is -2.30. The van der Waals surface area contributed by atoms with Crippen molar-refractivity contribution in [2.75, 3.05) is 19.6 Å². The smallest absolute Gasteiger partial charge is 0.266 e. The number of carbonyl (C=O) groups is 8. The molecule has 12 rings (SSSR count). The molecule has 0 aromatic heterocycles. The van der Waals surface area contributed by atoms with Crippen LogP contribution in [0.15, 0.2) is 182 Å². The molecule has 0 saturated carbocycles. The molecule has 8 aromatic carbocycles. The lowest BCUT2D eigenvalue weighted by atomic mass is 9.78. The van der Waals surface area contributed by atoms with Gasteiger partial charge >= 0.3 is 0 Å². The van der Waals surface area contributed by atoms with Crippen molar-refractivity contribution in [2.24, 2.45) is 0 Å². The second-order valence-electron chi connectivity index (χ2n) is 22.5. The number of benzene rings is 8. The maximum absolute atomic E-state index is 14.1. The molecule has 8 aromatic rings. The van der Waals surface area contributed by atoms with Crippen molar-refractivity contribution >= 4 is 70.0 Å². The molecule has 0 atom stereocenters. The zero-order valence-corrected chi connectivity index (χ0v) is 48.9. The number of hydrogen-bond donors (Lipinski definition) is 0. The second-order valence-corrected chi connectivity index (χ2v) is 22.5. The van der Waals surface area contributed by atoms with Crippen LogP contribution in [0.4, 0.5) is 22.7 Å². The van der Waals surface area contributed by atoms with E-state index in [1.165, 1.54) is 43.9 Å². The highest BCUT2D eigenvalue weighted by Gasteiger charge is 2.40. The van der Waals surface area contributed by atoms with Crippen LogP contribution in [-0.4, -0.2) is 47.3 Å². The second kappa shape index (κ2) is 22.8. The van der Waals surface area contributed by atoms with Crippen LogP contribution >= 0.6 is 0 Å². The number of rotatable bonds is 18. The van der Waals surface area contributed by atoms with E-state index in [0.29, 0.717) is 95.4 Å². The molecular weight excluding hydrogens is 1090 g/mol. The molecule has 0 fully saturated rings. The number of fused-ring (bicyclic) bond motifs is 2. The first kappa shape index (κ1) is 56.9. The van der Waals surface area contributed by atoms with E-state index in [9.17, 15) is 38.4 Å². The molecule has 4 aliphatic rings. The molecule has 8 amide bonds. The first-order valence-corrected chi connectivity index (χ1v) is 29.2. The van der Waals surface area contributed by atoms with Crippen LogP contribution in [0.1, 0.15) is 139 Å². The molecule has 87 heavy (non-hydrogen) atoms. The molecule has 432 valence electrons. The quantitative estimate of drug-likeness (QED) is 0.0754. The predicted octanol–water partition coefficient (Wildman–Crippen LogP) is 13.5. The van der Waals surface area contributed by atoms with E-state index in [4.69, 9.17) is 9.47 Å². The van der Waals surface area contributed by atoms with Crippen LogP contribution in [0.2, 0.25) is 0 Å². The summed E-state index contributed by atoms with van der Waals surface area (Å²) in [5.41, 5.74) is 12.3. The monoisotopic (exact) mass is 1150 g/mol. The molecule has 0 unspecified atom stereocenters. The fourth-order valence-corrected chi connectivity index (χ4v) is 12.1. The lowest BCUT2D eigenvalue weighted by molar-refractivity contribution is -0.121. The molecule has 14 nitrogen and oxygen atoms in total. The van der Waals surface area contributed by atoms with Gasteiger partial charge in [-0.3, -0.25) is 38.4 Å². The number of hydrogen-bond acceptors (Lipinski definition) is 10. The average Bonchev–Trinajstić information content (AvgIpc) is 1.76. The van der Waals surface area contributed by atoms with Gasteiger partial charge in [-0.2, -0.15) is 0 Å². The van der Waals surface area contributed by atoms with Gasteiger partial charge in [-0.25, -0.2) is 19.6 Å². The molecule has 0 N–H and O–H groups in total. The Morgan fingerprint density at radius 3 is 0.885 bits per heavy atom. The van der Waals surface area contributed by atoms with Gasteiger partial charge in [-0.05, 0) is 179 Å². The molecular formula is C73H60N4O10. The van der Waals surface area contributed by atoms with E-state index < -0.39 is 29.0 Å². The average molecular weight is 1150 g/mol. The van der Waals surface area contributed by atoms with Crippen LogP contribution < -0.4 is 29.1 Å². The number of amides is 8. The van der Waals surface area contributed by atoms with Gasteiger partial charge in [0.15, 0.2) is 0 Å². The summed E-state index contributed by atoms with van der Waals surface area (Å²) in [6, 6.07) is 48.3. The van der Waals surface area contributed by atoms with E-state index in [1.54, 1.807) is 36.4 Å². The summed E-state index contributed by atoms with van der Waals surface area (Å²) < 4.78 is 12.6. The number of imide groups is 4. The van der Waals surface area contributed by atoms with Crippen LogP contribution in [0.5, 0.6) is 23.0 Å². The van der Waals surface area contributed by atoms with Crippen LogP contribution in [-0.2, 0) is 63.1 Å². The Bertz CT molecular complexity index is 4020. The summed E-state index contributed by atoms with van der Waals surface area (Å²) in [6.07, 6.45) is 8.65. The minimum atomic E-state index is -0.447. The molecule has 0 aliphatic carbocycles. The summed E-state index contributed by atoms with van der Waals surface area (Å²) in [7, 11) is 0. The van der Waals surface area contributed by atoms with Gasteiger partial charge in [0, 0.05) is 29.7 Å². The third-order valence-electron chi connectivity index (χ3n) is 16.8. The molecule has 4 aliphatic heterocycles. The highest BCUT2D eigenvalue weighted by molar-refractivity contribution is 6.36. The standard InChI is InChI=1S/C73H60N4O10/c1-7-47-37-43(11-27-61(47)74-65(78)31-32-66(74)79)35-45-13-29-63(49(9-3)39-45)76-69(82)57-25-23-55(41-59(57)71(76)84)86-53-19-15-51(16-20-53)73(5,6)52-17-21-54(22-18-52)87-56-24-26-58-60(42-56)72(85)77(70(58)83)64-30-14-46(40-50(64)10-4)36-44-12-28-62(48(8-2)38-44)75-67(80)33-34-68(75)81/h11-34,37-42H,7-10,35-36H2,1-6H3. The molecule has 0 spiro atoms. The molecule has 0 bridgehead atoms. The van der Waals surface area contributed by atoms with Crippen molar-refractivity contribution in [3.8, 4) is 23.0 Å². The Hall–Kier alpha value is -10.6. The Labute approximate surface area is 503 Å². The number of ether oxygens (including phenoxy) is 2. The zero-order valence-electron chi connectivity index (χ0n) is 48.9. The normalized spacial score (nSPS) is 14.6. The fourth-order valence-electron chi connectivity index (χ4n) is 12.1. The number of carbonyl (C=O) groups excluding carboxylic acids is 8. The molecule has 4 heterocycles. The van der Waals surface area contributed by atoms with Gasteiger partial charge < -0.3 is 9.47 Å². The number of anilines is 4.